The molecule has 1 aromatic heterocycles. The van der Waals surface area contributed by atoms with Gasteiger partial charge < -0.3 is 4.74 Å². The first kappa shape index (κ1) is 15.4. The average molecular weight is 282 g/mol. The summed E-state index contributed by atoms with van der Waals surface area (Å²) >= 11 is 1.14. The first-order valence-electron chi connectivity index (χ1n) is 5.87. The van der Waals surface area contributed by atoms with Crippen LogP contribution in [0.25, 0.3) is 6.08 Å². The fraction of sp³-hybridized carbons (Fsp3) is 0.462. The number of allylic oxidation sites excluding steroid dienone is 1. The Morgan fingerprint density at radius 2 is 2.00 bits per heavy atom. The molecule has 5 nitrogen and oxygen atoms in total. The summed E-state index contributed by atoms with van der Waals surface area (Å²) in [6, 6.07) is 0. The van der Waals surface area contributed by atoms with Crippen molar-refractivity contribution in [1.29, 1.82) is 0 Å². The van der Waals surface area contributed by atoms with Crippen molar-refractivity contribution in [2.45, 2.75) is 40.2 Å². The number of rotatable bonds is 3. The Labute approximate surface area is 116 Å². The van der Waals surface area contributed by atoms with E-state index in [1.165, 1.54) is 6.92 Å². The van der Waals surface area contributed by atoms with Crippen LogP contribution in [0.15, 0.2) is 6.08 Å². The van der Waals surface area contributed by atoms with Crippen molar-refractivity contribution in [2.24, 2.45) is 0 Å². The lowest BCUT2D eigenvalue weighted by atomic mass is 10.2. The fourth-order valence-electron chi connectivity index (χ4n) is 1.30. The summed E-state index contributed by atoms with van der Waals surface area (Å²) in [6.45, 7) is 8.64. The summed E-state index contributed by atoms with van der Waals surface area (Å²) in [5, 5.41) is 2.89. The highest BCUT2D eigenvalue weighted by atomic mass is 32.1. The maximum atomic E-state index is 11.6. The van der Waals surface area contributed by atoms with Gasteiger partial charge in [-0.05, 0) is 33.8 Å². The number of ether oxygens (including phenoxy) is 1. The van der Waals surface area contributed by atoms with Crippen molar-refractivity contribution in [3.63, 3.8) is 0 Å². The molecule has 1 amide bonds. The Bertz CT molecular complexity index is 512. The van der Waals surface area contributed by atoms with Gasteiger partial charge in [-0.2, -0.15) is 0 Å². The minimum Gasteiger partial charge on any atom is -0.444 e. The van der Waals surface area contributed by atoms with Crippen LogP contribution in [-0.2, 0) is 4.74 Å². The predicted molar refractivity (Wildman–Crippen MR) is 76.7 cm³/mol. The highest BCUT2D eigenvalue weighted by Crippen LogP contribution is 2.25. The molecule has 19 heavy (non-hydrogen) atoms. The van der Waals surface area contributed by atoms with Crippen LogP contribution in [0.2, 0.25) is 0 Å². The smallest absolute Gasteiger partial charge is 0.413 e. The molecular formula is C13H18N2O3S. The molecule has 1 aromatic rings. The largest absolute Gasteiger partial charge is 0.444 e. The van der Waals surface area contributed by atoms with Crippen molar-refractivity contribution in [1.82, 2.24) is 4.98 Å². The van der Waals surface area contributed by atoms with Gasteiger partial charge in [0.1, 0.15) is 5.60 Å². The topological polar surface area (TPSA) is 68.3 Å². The number of anilines is 1. The lowest BCUT2D eigenvalue weighted by molar-refractivity contribution is 0.0635. The van der Waals surface area contributed by atoms with E-state index in [0.29, 0.717) is 15.7 Å². The Morgan fingerprint density at radius 3 is 2.47 bits per heavy atom. The van der Waals surface area contributed by atoms with Crippen LogP contribution in [0.1, 0.15) is 50.0 Å². The number of hydrogen-bond donors (Lipinski definition) is 1. The standard InChI is InChI=1S/C13H18N2O3S/c1-6-7-9-10(8(2)16)19-11(14-9)15-12(17)18-13(3,4)5/h6-7H,1-5H3,(H,14,15,17)/b7-6+. The second-order valence-corrected chi connectivity index (χ2v) is 5.92. The van der Waals surface area contributed by atoms with Crippen LogP contribution in [0.5, 0.6) is 0 Å². The highest BCUT2D eigenvalue weighted by molar-refractivity contribution is 7.17. The average Bonchev–Trinajstić information content (AvgIpc) is 2.58. The van der Waals surface area contributed by atoms with E-state index in [-0.39, 0.29) is 5.78 Å². The molecule has 0 saturated carbocycles. The number of hydrogen-bond acceptors (Lipinski definition) is 5. The molecule has 1 rings (SSSR count). The minimum absolute atomic E-state index is 0.0807. The van der Waals surface area contributed by atoms with Gasteiger partial charge >= 0.3 is 6.09 Å². The first-order valence-corrected chi connectivity index (χ1v) is 6.69. The molecule has 0 bridgehead atoms. The third-order valence-corrected chi connectivity index (χ3v) is 2.99. The zero-order valence-electron chi connectivity index (χ0n) is 11.7. The molecule has 0 spiro atoms. The van der Waals surface area contributed by atoms with E-state index in [4.69, 9.17) is 4.74 Å². The molecule has 0 aliphatic carbocycles. The number of aromatic nitrogens is 1. The van der Waals surface area contributed by atoms with E-state index in [9.17, 15) is 9.59 Å². The summed E-state index contributed by atoms with van der Waals surface area (Å²) < 4.78 is 5.12. The van der Waals surface area contributed by atoms with E-state index in [1.54, 1.807) is 32.9 Å². The maximum absolute atomic E-state index is 11.6. The molecule has 1 N–H and O–H groups in total. The summed E-state index contributed by atoms with van der Waals surface area (Å²) in [6.07, 6.45) is 2.94. The second-order valence-electron chi connectivity index (χ2n) is 4.92. The zero-order valence-corrected chi connectivity index (χ0v) is 12.6. The quantitative estimate of drug-likeness (QED) is 0.858. The van der Waals surface area contributed by atoms with Crippen molar-refractivity contribution in [2.75, 3.05) is 5.32 Å². The normalized spacial score (nSPS) is 11.6. The molecule has 104 valence electrons. The minimum atomic E-state index is -0.580. The van der Waals surface area contributed by atoms with E-state index >= 15 is 0 Å². The van der Waals surface area contributed by atoms with Crippen molar-refractivity contribution in [3.05, 3.63) is 16.6 Å². The van der Waals surface area contributed by atoms with E-state index in [0.717, 1.165) is 11.3 Å². The van der Waals surface area contributed by atoms with Gasteiger partial charge in [-0.3, -0.25) is 10.1 Å². The van der Waals surface area contributed by atoms with Gasteiger partial charge in [0.15, 0.2) is 10.9 Å². The SMILES string of the molecule is C/C=C/c1nc(NC(=O)OC(C)(C)C)sc1C(C)=O. The van der Waals surface area contributed by atoms with Crippen LogP contribution < -0.4 is 5.32 Å². The molecular weight excluding hydrogens is 264 g/mol. The Hall–Kier alpha value is -1.69. The summed E-state index contributed by atoms with van der Waals surface area (Å²) in [7, 11) is 0. The van der Waals surface area contributed by atoms with Gasteiger partial charge in [-0.15, -0.1) is 0 Å². The molecule has 0 aromatic carbocycles. The molecule has 6 heteroatoms. The Kier molecular flexibility index (Phi) is 4.83. The lowest BCUT2D eigenvalue weighted by Gasteiger charge is -2.18. The van der Waals surface area contributed by atoms with Crippen LogP contribution in [0, 0.1) is 0 Å². The lowest BCUT2D eigenvalue weighted by Crippen LogP contribution is -2.27. The summed E-state index contributed by atoms with van der Waals surface area (Å²) in [4.78, 5) is 27.8. The third-order valence-electron chi connectivity index (χ3n) is 1.91. The molecule has 0 unspecified atom stereocenters. The van der Waals surface area contributed by atoms with E-state index in [2.05, 4.69) is 10.3 Å². The van der Waals surface area contributed by atoms with Gasteiger partial charge in [0, 0.05) is 6.92 Å². The Morgan fingerprint density at radius 1 is 1.37 bits per heavy atom. The number of carbonyl (C=O) groups is 2. The monoisotopic (exact) mass is 282 g/mol. The number of amides is 1. The van der Waals surface area contributed by atoms with Crippen LogP contribution in [0.3, 0.4) is 0 Å². The summed E-state index contributed by atoms with van der Waals surface area (Å²) in [5.41, 5.74) is -0.0114. The zero-order chi connectivity index (χ0) is 14.6. The molecule has 0 aliphatic rings. The number of nitrogens with zero attached hydrogens (tertiary/aromatic N) is 1. The molecule has 0 fully saturated rings. The first-order chi connectivity index (χ1) is 8.73. The van der Waals surface area contributed by atoms with Crippen LogP contribution in [-0.4, -0.2) is 22.5 Å². The van der Waals surface area contributed by atoms with Crippen molar-refractivity contribution >= 4 is 34.4 Å². The number of Topliss-reactive ketones (excluding diaryl/α,β-unsaturated/α-hetero) is 1. The molecule has 0 atom stereocenters. The van der Waals surface area contributed by atoms with Crippen molar-refractivity contribution < 1.29 is 14.3 Å². The van der Waals surface area contributed by atoms with Crippen LogP contribution in [0.4, 0.5) is 9.93 Å². The molecule has 0 saturated heterocycles. The molecule has 0 radical (unpaired) electrons. The van der Waals surface area contributed by atoms with E-state index in [1.807, 2.05) is 6.92 Å². The van der Waals surface area contributed by atoms with Gasteiger partial charge in [0.2, 0.25) is 0 Å². The summed E-state index contributed by atoms with van der Waals surface area (Å²) in [5.74, 6) is -0.0807. The highest BCUT2D eigenvalue weighted by Gasteiger charge is 2.19. The maximum Gasteiger partial charge on any atom is 0.413 e. The Balaban J connectivity index is 2.88. The third kappa shape index (κ3) is 4.82. The number of ketones is 1. The fourth-order valence-corrected chi connectivity index (χ4v) is 2.13. The number of nitrogens with one attached hydrogen (secondary N) is 1. The molecule has 0 aliphatic heterocycles. The number of thiazole rings is 1. The van der Waals surface area contributed by atoms with Crippen LogP contribution >= 0.6 is 11.3 Å². The van der Waals surface area contributed by atoms with E-state index < -0.39 is 11.7 Å². The second kappa shape index (κ2) is 5.97. The van der Waals surface area contributed by atoms with Gasteiger partial charge in [-0.1, -0.05) is 17.4 Å². The van der Waals surface area contributed by atoms with Gasteiger partial charge in [-0.25, -0.2) is 9.78 Å². The van der Waals surface area contributed by atoms with Gasteiger partial charge in [0.25, 0.3) is 0 Å². The predicted octanol–water partition coefficient (Wildman–Crippen LogP) is 3.73. The molecule has 1 heterocycles. The number of carbonyl (C=O) groups excluding carboxylic acids is 2. The van der Waals surface area contributed by atoms with Gasteiger partial charge in [0.05, 0.1) is 10.6 Å². The van der Waals surface area contributed by atoms with Crippen molar-refractivity contribution in [3.8, 4) is 0 Å².